The zero-order chi connectivity index (χ0) is 16.9. The van der Waals surface area contributed by atoms with Crippen molar-refractivity contribution in [2.75, 3.05) is 0 Å². The smallest absolute Gasteiger partial charge is 0.386 e. The highest BCUT2D eigenvalue weighted by atomic mass is 19.4. The predicted molar refractivity (Wildman–Crippen MR) is 67.2 cm³/mol. The summed E-state index contributed by atoms with van der Waals surface area (Å²) in [4.78, 5) is 29.7. The summed E-state index contributed by atoms with van der Waals surface area (Å²) >= 11 is 0. The van der Waals surface area contributed by atoms with Crippen LogP contribution in [-0.4, -0.2) is 33.2 Å². The monoisotopic (exact) mass is 327 g/mol. The van der Waals surface area contributed by atoms with Crippen molar-refractivity contribution >= 4 is 11.9 Å². The van der Waals surface area contributed by atoms with Crippen LogP contribution in [-0.2, 0) is 20.9 Å². The first-order valence-electron chi connectivity index (χ1n) is 6.31. The lowest BCUT2D eigenvalue weighted by Gasteiger charge is -2.04. The fourth-order valence-corrected chi connectivity index (χ4v) is 1.52. The van der Waals surface area contributed by atoms with E-state index in [1.54, 1.807) is 24.5 Å². The van der Waals surface area contributed by atoms with E-state index in [2.05, 4.69) is 19.8 Å². The lowest BCUT2D eigenvalue weighted by molar-refractivity contribution is -0.752. The van der Waals surface area contributed by atoms with Gasteiger partial charge in [0.15, 0.2) is 18.6 Å². The minimum Gasteiger partial charge on any atom is -0.386 e. The summed E-state index contributed by atoms with van der Waals surface area (Å²) in [5.41, 5.74) is 0.636. The lowest BCUT2D eigenvalue weighted by Crippen LogP contribution is -2.39. The number of alkyl halides is 3. The van der Waals surface area contributed by atoms with Crippen LogP contribution in [0.15, 0.2) is 36.9 Å². The Morgan fingerprint density at radius 1 is 1.22 bits per heavy atom. The SMILES string of the molecule is O=C(CC[n+]1ccc(-c2ncccn2)cn1)OC(=O)C(F)(F)F. The molecule has 0 radical (unpaired) electrons. The second-order valence-electron chi connectivity index (χ2n) is 4.26. The van der Waals surface area contributed by atoms with Gasteiger partial charge in [-0.15, -0.1) is 0 Å². The number of ether oxygens (including phenoxy) is 1. The van der Waals surface area contributed by atoms with Crippen LogP contribution in [0, 0.1) is 0 Å². The van der Waals surface area contributed by atoms with Crippen molar-refractivity contribution in [1.82, 2.24) is 15.1 Å². The normalized spacial score (nSPS) is 11.1. The maximum Gasteiger partial charge on any atom is 0.491 e. The molecule has 0 aromatic carbocycles. The van der Waals surface area contributed by atoms with Crippen molar-refractivity contribution in [3.05, 3.63) is 36.9 Å². The van der Waals surface area contributed by atoms with Crippen molar-refractivity contribution in [2.45, 2.75) is 19.1 Å². The average Bonchev–Trinajstić information content (AvgIpc) is 2.53. The second-order valence-corrected chi connectivity index (χ2v) is 4.26. The molecule has 0 spiro atoms. The van der Waals surface area contributed by atoms with Gasteiger partial charge in [-0.2, -0.15) is 13.2 Å². The molecule has 23 heavy (non-hydrogen) atoms. The molecule has 7 nitrogen and oxygen atoms in total. The topological polar surface area (TPSA) is 85.9 Å². The molecule has 0 unspecified atom stereocenters. The lowest BCUT2D eigenvalue weighted by atomic mass is 10.3. The van der Waals surface area contributed by atoms with Gasteiger partial charge in [-0.25, -0.2) is 14.8 Å². The number of rotatable bonds is 4. The van der Waals surface area contributed by atoms with E-state index in [0.717, 1.165) is 0 Å². The standard InChI is InChI=1S/C13H10F3N4O3/c14-13(15,16)12(22)23-10(21)3-7-20-6-2-9(8-19-20)11-17-4-1-5-18-11/h1-2,4-6,8H,3,7H2/q+1. The minimum atomic E-state index is -5.20. The third kappa shape index (κ3) is 4.80. The quantitative estimate of drug-likeness (QED) is 0.470. The number of aromatic nitrogens is 4. The number of aryl methyl sites for hydroxylation is 1. The van der Waals surface area contributed by atoms with E-state index in [0.29, 0.717) is 11.4 Å². The van der Waals surface area contributed by atoms with Crippen molar-refractivity contribution in [3.8, 4) is 11.4 Å². The van der Waals surface area contributed by atoms with Gasteiger partial charge in [-0.05, 0) is 11.2 Å². The number of carbonyl (C=O) groups is 2. The Balaban J connectivity index is 1.89. The summed E-state index contributed by atoms with van der Waals surface area (Å²) in [5, 5.41) is 3.98. The summed E-state index contributed by atoms with van der Waals surface area (Å²) in [5.74, 6) is -3.35. The van der Waals surface area contributed by atoms with Crippen molar-refractivity contribution in [1.29, 1.82) is 0 Å². The first kappa shape index (κ1) is 16.5. The molecule has 2 rings (SSSR count). The van der Waals surface area contributed by atoms with Gasteiger partial charge < -0.3 is 4.74 Å². The molecule has 0 saturated carbocycles. The van der Waals surface area contributed by atoms with Gasteiger partial charge in [0.2, 0.25) is 0 Å². The van der Waals surface area contributed by atoms with E-state index in [-0.39, 0.29) is 6.54 Å². The first-order chi connectivity index (χ1) is 10.9. The number of halogens is 3. The van der Waals surface area contributed by atoms with E-state index in [1.165, 1.54) is 17.1 Å². The van der Waals surface area contributed by atoms with Crippen LogP contribution < -0.4 is 4.68 Å². The van der Waals surface area contributed by atoms with E-state index in [9.17, 15) is 22.8 Å². The number of nitrogens with zero attached hydrogens (tertiary/aromatic N) is 4. The highest BCUT2D eigenvalue weighted by Gasteiger charge is 2.42. The van der Waals surface area contributed by atoms with E-state index < -0.39 is 24.5 Å². The van der Waals surface area contributed by atoms with Crippen LogP contribution >= 0.6 is 0 Å². The zero-order valence-electron chi connectivity index (χ0n) is 11.5. The van der Waals surface area contributed by atoms with Crippen molar-refractivity contribution in [3.63, 3.8) is 0 Å². The molecule has 2 aromatic rings. The molecule has 0 N–H and O–H groups in total. The number of hydrogen-bond donors (Lipinski definition) is 0. The van der Waals surface area contributed by atoms with E-state index >= 15 is 0 Å². The third-order valence-corrected chi connectivity index (χ3v) is 2.58. The predicted octanol–water partition coefficient (Wildman–Crippen LogP) is 0.848. The second kappa shape index (κ2) is 6.90. The molecular weight excluding hydrogens is 317 g/mol. The summed E-state index contributed by atoms with van der Waals surface area (Å²) in [6.07, 6.45) is 0.458. The van der Waals surface area contributed by atoms with Gasteiger partial charge in [-0.1, -0.05) is 4.68 Å². The largest absolute Gasteiger partial charge is 0.491 e. The Morgan fingerprint density at radius 2 is 1.91 bits per heavy atom. The molecule has 0 amide bonds. The van der Waals surface area contributed by atoms with Crippen molar-refractivity contribution < 1.29 is 32.2 Å². The van der Waals surface area contributed by atoms with Crippen LogP contribution in [0.1, 0.15) is 6.42 Å². The molecular formula is C13H10F3N4O3+. The molecule has 2 heterocycles. The fraction of sp³-hybridized carbons (Fsp3) is 0.231. The Bertz CT molecular complexity index is 690. The molecule has 10 heteroatoms. The van der Waals surface area contributed by atoms with Crippen LogP contribution in [0.5, 0.6) is 0 Å². The Hall–Kier alpha value is -2.91. The fourth-order valence-electron chi connectivity index (χ4n) is 1.52. The molecule has 0 aliphatic rings. The Kier molecular flexibility index (Phi) is 4.94. The maximum atomic E-state index is 11.9. The first-order valence-corrected chi connectivity index (χ1v) is 6.31. The molecule has 0 fully saturated rings. The summed E-state index contributed by atoms with van der Waals surface area (Å²) in [6, 6.07) is 3.29. The van der Waals surface area contributed by atoms with Gasteiger partial charge in [0.05, 0.1) is 0 Å². The molecule has 0 atom stereocenters. The zero-order valence-corrected chi connectivity index (χ0v) is 11.5. The van der Waals surface area contributed by atoms with Gasteiger partial charge in [0.25, 0.3) is 0 Å². The number of hydrogen-bond acceptors (Lipinski definition) is 6. The third-order valence-electron chi connectivity index (χ3n) is 2.58. The number of esters is 2. The van der Waals surface area contributed by atoms with Gasteiger partial charge >= 0.3 is 18.1 Å². The summed E-state index contributed by atoms with van der Waals surface area (Å²) in [7, 11) is 0. The maximum absolute atomic E-state index is 11.9. The molecule has 0 aliphatic carbocycles. The molecule has 0 aliphatic heterocycles. The van der Waals surface area contributed by atoms with Gasteiger partial charge in [0, 0.05) is 24.0 Å². The van der Waals surface area contributed by atoms with Gasteiger partial charge in [0.1, 0.15) is 12.6 Å². The van der Waals surface area contributed by atoms with Crippen LogP contribution in [0.3, 0.4) is 0 Å². The van der Waals surface area contributed by atoms with Crippen LogP contribution in [0.2, 0.25) is 0 Å². The summed E-state index contributed by atoms with van der Waals surface area (Å²) in [6.45, 7) is -0.0418. The number of carbonyl (C=O) groups excluding carboxylic acids is 2. The van der Waals surface area contributed by atoms with Gasteiger partial charge in [-0.3, -0.25) is 4.79 Å². The molecule has 0 bridgehead atoms. The van der Waals surface area contributed by atoms with E-state index in [1.807, 2.05) is 0 Å². The molecule has 120 valence electrons. The minimum absolute atomic E-state index is 0.0418. The Labute approximate surface area is 127 Å². The molecule has 2 aromatic heterocycles. The van der Waals surface area contributed by atoms with Crippen molar-refractivity contribution in [2.24, 2.45) is 0 Å². The average molecular weight is 327 g/mol. The Morgan fingerprint density at radius 3 is 2.48 bits per heavy atom. The highest BCUT2D eigenvalue weighted by molar-refractivity contribution is 5.88. The molecule has 0 saturated heterocycles. The van der Waals surface area contributed by atoms with Crippen LogP contribution in [0.4, 0.5) is 13.2 Å². The van der Waals surface area contributed by atoms with Crippen LogP contribution in [0.25, 0.3) is 11.4 Å². The summed E-state index contributed by atoms with van der Waals surface area (Å²) < 4.78 is 40.7. The highest BCUT2D eigenvalue weighted by Crippen LogP contribution is 2.16. The van der Waals surface area contributed by atoms with E-state index in [4.69, 9.17) is 0 Å².